The molecule has 2 saturated heterocycles. The van der Waals surface area contributed by atoms with Gasteiger partial charge in [-0.2, -0.15) is 0 Å². The topological polar surface area (TPSA) is 76.1 Å². The summed E-state index contributed by atoms with van der Waals surface area (Å²) < 4.78 is 12.2. The summed E-state index contributed by atoms with van der Waals surface area (Å²) >= 11 is 0. The highest BCUT2D eigenvalue weighted by Crippen LogP contribution is 2.61. The molecule has 1 N–H and O–H groups in total. The van der Waals surface area contributed by atoms with Crippen molar-refractivity contribution in [1.29, 1.82) is 0 Å². The summed E-state index contributed by atoms with van der Waals surface area (Å²) in [5.41, 5.74) is -0.651. The molecule has 0 saturated carbocycles. The van der Waals surface area contributed by atoms with Crippen LogP contribution in [0.2, 0.25) is 0 Å². The van der Waals surface area contributed by atoms with E-state index in [2.05, 4.69) is 0 Å². The minimum Gasteiger partial charge on any atom is -0.465 e. The fourth-order valence-electron chi connectivity index (χ4n) is 5.52. The van der Waals surface area contributed by atoms with Crippen LogP contribution < -0.4 is 0 Å². The predicted molar refractivity (Wildman–Crippen MR) is 134 cm³/mol. The molecule has 3 aromatic carbocycles. The van der Waals surface area contributed by atoms with Crippen LogP contribution >= 0.6 is 0 Å². The van der Waals surface area contributed by atoms with Gasteiger partial charge in [-0.15, -0.1) is 0 Å². The second-order valence-corrected chi connectivity index (χ2v) is 9.66. The molecule has 0 radical (unpaired) electrons. The first-order chi connectivity index (χ1) is 17.5. The normalized spacial score (nSPS) is 24.5. The van der Waals surface area contributed by atoms with Gasteiger partial charge in [-0.05, 0) is 23.1 Å². The van der Waals surface area contributed by atoms with E-state index in [1.54, 1.807) is 0 Å². The van der Waals surface area contributed by atoms with E-state index in [1.807, 2.05) is 97.9 Å². The number of hydrogen-bond donors (Lipinski definition) is 1. The molecule has 186 valence electrons. The monoisotopic (exact) mass is 485 g/mol. The van der Waals surface area contributed by atoms with Crippen LogP contribution in [0.3, 0.4) is 0 Å². The van der Waals surface area contributed by atoms with Crippen LogP contribution in [0.25, 0.3) is 0 Å². The van der Waals surface area contributed by atoms with Crippen molar-refractivity contribution in [2.75, 3.05) is 13.2 Å². The average molecular weight is 486 g/mol. The van der Waals surface area contributed by atoms with Crippen molar-refractivity contribution in [2.24, 2.45) is 5.41 Å². The van der Waals surface area contributed by atoms with E-state index in [0.29, 0.717) is 6.42 Å². The molecule has 0 aliphatic carbocycles. The smallest absolute Gasteiger partial charge is 0.327 e. The van der Waals surface area contributed by atoms with Gasteiger partial charge in [0.15, 0.2) is 0 Å². The minimum atomic E-state index is -2.06. The Morgan fingerprint density at radius 1 is 0.944 bits per heavy atom. The van der Waals surface area contributed by atoms with Crippen molar-refractivity contribution in [3.8, 4) is 0 Å². The van der Waals surface area contributed by atoms with Gasteiger partial charge in [0.2, 0.25) is 17.1 Å². The van der Waals surface area contributed by atoms with Crippen molar-refractivity contribution in [2.45, 2.75) is 44.1 Å². The molecule has 3 aromatic rings. The zero-order valence-electron chi connectivity index (χ0n) is 20.4. The van der Waals surface area contributed by atoms with E-state index in [0.717, 1.165) is 23.1 Å². The quantitative estimate of drug-likeness (QED) is 0.291. The maximum absolute atomic E-state index is 14.1. The number of benzene rings is 3. The molecule has 0 bridgehead atoms. The maximum atomic E-state index is 14.1. The van der Waals surface area contributed by atoms with Crippen LogP contribution in [0.15, 0.2) is 91.0 Å². The number of esters is 1. The van der Waals surface area contributed by atoms with Crippen LogP contribution in [0.1, 0.15) is 42.9 Å². The fourth-order valence-corrected chi connectivity index (χ4v) is 5.52. The lowest BCUT2D eigenvalue weighted by molar-refractivity contribution is -0.240. The number of unbranched alkanes of at least 4 members (excludes halogenated alkanes) is 1. The standard InChI is InChI=1S/C30H31NO5/c1-2-3-19-35-27(33)28-21-29(24-15-9-5-10-16-24,25-17-11-6-12-18-25)36-30(28,34)22-31(26(28)32)20-23-13-7-4-8-14-23/h4-18,34H,2-3,19-22H2,1H3/t28-,30+/m0/s1. The Morgan fingerprint density at radius 2 is 1.50 bits per heavy atom. The highest BCUT2D eigenvalue weighted by Gasteiger charge is 2.78. The lowest BCUT2D eigenvalue weighted by Gasteiger charge is -2.33. The molecular weight excluding hydrogens is 454 g/mol. The molecule has 2 aliphatic heterocycles. The van der Waals surface area contributed by atoms with E-state index >= 15 is 0 Å². The van der Waals surface area contributed by atoms with E-state index in [4.69, 9.17) is 9.47 Å². The number of hydrogen-bond acceptors (Lipinski definition) is 5. The summed E-state index contributed by atoms with van der Waals surface area (Å²) in [6.45, 7) is 2.31. The predicted octanol–water partition coefficient (Wildman–Crippen LogP) is 4.41. The van der Waals surface area contributed by atoms with Gasteiger partial charge >= 0.3 is 5.97 Å². The number of fused-ring (bicyclic) bond motifs is 1. The number of amides is 1. The van der Waals surface area contributed by atoms with Crippen LogP contribution in [0.5, 0.6) is 0 Å². The van der Waals surface area contributed by atoms with Gasteiger partial charge in [-0.25, -0.2) is 0 Å². The van der Waals surface area contributed by atoms with Crippen LogP contribution in [-0.2, 0) is 31.2 Å². The third-order valence-corrected chi connectivity index (χ3v) is 7.36. The van der Waals surface area contributed by atoms with Crippen molar-refractivity contribution in [3.05, 3.63) is 108 Å². The molecule has 2 heterocycles. The first kappa shape index (κ1) is 24.2. The summed E-state index contributed by atoms with van der Waals surface area (Å²) in [6.07, 6.45) is 1.46. The van der Waals surface area contributed by atoms with Gasteiger partial charge in [-0.3, -0.25) is 9.59 Å². The number of β-amino-alcohol motifs (C(OH)–C–C–N with tert-alkyl or cyclic N) is 1. The molecule has 0 spiro atoms. The zero-order chi connectivity index (χ0) is 25.2. The molecule has 1 amide bonds. The van der Waals surface area contributed by atoms with Crippen LogP contribution in [0, 0.1) is 5.41 Å². The SMILES string of the molecule is CCCCOC(=O)[C@@]12CC(c3ccccc3)(c3ccccc3)O[C@]1(O)CN(Cc1ccccc1)C2=O. The Morgan fingerprint density at radius 3 is 2.06 bits per heavy atom. The largest absolute Gasteiger partial charge is 0.465 e. The number of rotatable bonds is 8. The van der Waals surface area contributed by atoms with Gasteiger partial charge in [0.1, 0.15) is 5.60 Å². The van der Waals surface area contributed by atoms with Gasteiger partial charge in [0.05, 0.1) is 13.2 Å². The Kier molecular flexibility index (Phi) is 6.41. The van der Waals surface area contributed by atoms with Crippen LogP contribution in [0.4, 0.5) is 0 Å². The van der Waals surface area contributed by atoms with Crippen molar-refractivity contribution in [3.63, 3.8) is 0 Å². The maximum Gasteiger partial charge on any atom is 0.327 e. The molecule has 2 fully saturated rings. The molecule has 0 aromatic heterocycles. The van der Waals surface area contributed by atoms with Gasteiger partial charge in [0, 0.05) is 13.0 Å². The van der Waals surface area contributed by atoms with Crippen molar-refractivity contribution >= 4 is 11.9 Å². The number of nitrogens with zero attached hydrogens (tertiary/aromatic N) is 1. The Bertz CT molecular complexity index is 1180. The molecule has 2 aliphatic rings. The minimum absolute atomic E-state index is 0.0559. The van der Waals surface area contributed by atoms with Gasteiger partial charge < -0.3 is 19.5 Å². The molecule has 6 heteroatoms. The Balaban J connectivity index is 1.61. The molecule has 0 unspecified atom stereocenters. The first-order valence-corrected chi connectivity index (χ1v) is 12.5. The van der Waals surface area contributed by atoms with E-state index in [-0.39, 0.29) is 26.1 Å². The third kappa shape index (κ3) is 3.81. The van der Waals surface area contributed by atoms with Crippen molar-refractivity contribution < 1.29 is 24.2 Å². The van der Waals surface area contributed by atoms with E-state index in [9.17, 15) is 14.7 Å². The second-order valence-electron chi connectivity index (χ2n) is 9.66. The molecule has 2 atom stereocenters. The third-order valence-electron chi connectivity index (χ3n) is 7.36. The zero-order valence-corrected chi connectivity index (χ0v) is 20.4. The number of aliphatic hydroxyl groups is 1. The number of carbonyl (C=O) groups is 2. The summed E-state index contributed by atoms with van der Waals surface area (Å²) in [5, 5.41) is 12.1. The number of likely N-dealkylation sites (tertiary alicyclic amines) is 1. The highest BCUT2D eigenvalue weighted by atomic mass is 16.7. The Hall–Kier alpha value is -3.48. The fraction of sp³-hybridized carbons (Fsp3) is 0.333. The summed E-state index contributed by atoms with van der Waals surface area (Å²) in [5.74, 6) is -3.26. The molecule has 5 rings (SSSR count). The number of ether oxygens (including phenoxy) is 2. The van der Waals surface area contributed by atoms with Crippen molar-refractivity contribution in [1.82, 2.24) is 4.90 Å². The molecular formula is C30H31NO5. The summed E-state index contributed by atoms with van der Waals surface area (Å²) in [4.78, 5) is 29.4. The van der Waals surface area contributed by atoms with Gasteiger partial charge in [0.25, 0.3) is 0 Å². The average Bonchev–Trinajstić information content (AvgIpc) is 3.30. The lowest BCUT2D eigenvalue weighted by atomic mass is 9.72. The van der Waals surface area contributed by atoms with Crippen LogP contribution in [-0.4, -0.2) is 40.8 Å². The summed E-state index contributed by atoms with van der Waals surface area (Å²) in [6, 6.07) is 28.5. The van der Waals surface area contributed by atoms with E-state index in [1.165, 1.54) is 4.90 Å². The Labute approximate surface area is 211 Å². The summed E-state index contributed by atoms with van der Waals surface area (Å²) in [7, 11) is 0. The van der Waals surface area contributed by atoms with E-state index < -0.39 is 28.7 Å². The number of carbonyl (C=O) groups excluding carboxylic acids is 2. The molecule has 36 heavy (non-hydrogen) atoms. The first-order valence-electron chi connectivity index (χ1n) is 12.5. The van der Waals surface area contributed by atoms with Gasteiger partial charge in [-0.1, -0.05) is 104 Å². The second kappa shape index (κ2) is 9.52. The lowest BCUT2D eigenvalue weighted by Crippen LogP contribution is -2.52. The highest BCUT2D eigenvalue weighted by molar-refractivity contribution is 6.06. The molecule has 6 nitrogen and oxygen atoms in total.